The van der Waals surface area contributed by atoms with Gasteiger partial charge in [-0.05, 0) is 24.3 Å². The third-order valence-electron chi connectivity index (χ3n) is 2.27. The van der Waals surface area contributed by atoms with Gasteiger partial charge in [0.1, 0.15) is 3.64 Å². The SMILES string of the molecule is C=CCSP(=S)(Sc1ccccc1)Sc1ccccc1. The molecule has 0 radical (unpaired) electrons. The average Bonchev–Trinajstić information content (AvgIpc) is 2.47. The third-order valence-corrected chi connectivity index (χ3v) is 15.3. The van der Waals surface area contributed by atoms with Crippen LogP contribution < -0.4 is 0 Å². The Bertz CT molecular complexity index is 538. The predicted octanol–water partition coefficient (Wildman–Crippen LogP) is 6.71. The molecular formula is C15H15PS4. The first-order chi connectivity index (χ1) is 9.72. The maximum Gasteiger partial charge on any atom is 0.118 e. The molecule has 0 spiro atoms. The summed E-state index contributed by atoms with van der Waals surface area (Å²) < 4.78 is -1.67. The summed E-state index contributed by atoms with van der Waals surface area (Å²) in [5, 5.41) is 0. The zero-order valence-corrected chi connectivity index (χ0v) is 15.0. The number of hydrogen-bond acceptors (Lipinski definition) is 4. The maximum atomic E-state index is 5.98. The van der Waals surface area contributed by atoms with Crippen LogP contribution in [0.4, 0.5) is 0 Å². The van der Waals surface area contributed by atoms with E-state index < -0.39 is 3.64 Å². The smallest absolute Gasteiger partial charge is 0.102 e. The van der Waals surface area contributed by atoms with Gasteiger partial charge in [-0.3, -0.25) is 0 Å². The Balaban J connectivity index is 2.16. The van der Waals surface area contributed by atoms with Gasteiger partial charge in [-0.2, -0.15) is 0 Å². The minimum atomic E-state index is -1.67. The van der Waals surface area contributed by atoms with Gasteiger partial charge >= 0.3 is 0 Å². The van der Waals surface area contributed by atoms with Crippen LogP contribution in [-0.4, -0.2) is 5.75 Å². The van der Waals surface area contributed by atoms with E-state index in [1.54, 1.807) is 0 Å². The van der Waals surface area contributed by atoms with Crippen LogP contribution in [0.2, 0.25) is 0 Å². The molecule has 0 aliphatic rings. The van der Waals surface area contributed by atoms with Crippen molar-refractivity contribution in [3.63, 3.8) is 0 Å². The molecular weight excluding hydrogens is 339 g/mol. The van der Waals surface area contributed by atoms with E-state index in [1.807, 2.05) is 52.4 Å². The first-order valence-electron chi connectivity index (χ1n) is 6.07. The van der Waals surface area contributed by atoms with Crippen LogP contribution in [0.5, 0.6) is 0 Å². The second-order valence-corrected chi connectivity index (χ2v) is 19.2. The molecule has 20 heavy (non-hydrogen) atoms. The fraction of sp³-hybridized carbons (Fsp3) is 0.0667. The molecule has 0 unspecified atom stereocenters. The Morgan fingerprint density at radius 3 is 1.75 bits per heavy atom. The Morgan fingerprint density at radius 2 is 1.35 bits per heavy atom. The van der Waals surface area contributed by atoms with Crippen LogP contribution in [0, 0.1) is 0 Å². The summed E-state index contributed by atoms with van der Waals surface area (Å²) in [5.74, 6) is 0.900. The summed E-state index contributed by atoms with van der Waals surface area (Å²) in [4.78, 5) is 2.49. The summed E-state index contributed by atoms with van der Waals surface area (Å²) in [6, 6.07) is 20.8. The average molecular weight is 355 g/mol. The van der Waals surface area contributed by atoms with E-state index in [4.69, 9.17) is 11.8 Å². The summed E-state index contributed by atoms with van der Waals surface area (Å²) in [6.45, 7) is 3.81. The lowest BCUT2D eigenvalue weighted by molar-refractivity contribution is 1.48. The predicted molar refractivity (Wildman–Crippen MR) is 102 cm³/mol. The standard InChI is InChI=1S/C15H15PS4/c1-2-13-18-16(17,19-14-9-5-3-6-10-14)20-15-11-7-4-8-12-15/h2-12H,1,13H2. The highest BCUT2D eigenvalue weighted by Gasteiger charge is 2.20. The first kappa shape index (κ1) is 16.3. The molecule has 0 N–H and O–H groups in total. The normalized spacial score (nSPS) is 11.2. The van der Waals surface area contributed by atoms with Crippen molar-refractivity contribution in [1.82, 2.24) is 0 Å². The van der Waals surface area contributed by atoms with Gasteiger partial charge in [0.15, 0.2) is 0 Å². The van der Waals surface area contributed by atoms with E-state index in [0.29, 0.717) is 0 Å². The van der Waals surface area contributed by atoms with Gasteiger partial charge in [0, 0.05) is 15.5 Å². The van der Waals surface area contributed by atoms with Crippen molar-refractivity contribution in [3.05, 3.63) is 73.3 Å². The third kappa shape index (κ3) is 5.34. The molecule has 0 amide bonds. The molecule has 0 aliphatic heterocycles. The molecule has 2 rings (SSSR count). The van der Waals surface area contributed by atoms with E-state index in [2.05, 4.69) is 55.1 Å². The minimum Gasteiger partial charge on any atom is -0.102 e. The van der Waals surface area contributed by atoms with Gasteiger partial charge < -0.3 is 0 Å². The van der Waals surface area contributed by atoms with E-state index in [-0.39, 0.29) is 0 Å². The Labute approximate surface area is 138 Å². The lowest BCUT2D eigenvalue weighted by atomic mass is 10.4. The van der Waals surface area contributed by atoms with Crippen molar-refractivity contribution in [1.29, 1.82) is 0 Å². The molecule has 0 heterocycles. The monoisotopic (exact) mass is 354 g/mol. The molecule has 0 bridgehead atoms. The summed E-state index contributed by atoms with van der Waals surface area (Å²) in [5.41, 5.74) is 0. The van der Waals surface area contributed by atoms with Crippen molar-refractivity contribution < 1.29 is 0 Å². The lowest BCUT2D eigenvalue weighted by Gasteiger charge is -2.19. The second-order valence-electron chi connectivity index (χ2n) is 3.84. The molecule has 0 saturated heterocycles. The lowest BCUT2D eigenvalue weighted by Crippen LogP contribution is -1.73. The van der Waals surface area contributed by atoms with Crippen molar-refractivity contribution >= 4 is 49.6 Å². The van der Waals surface area contributed by atoms with Crippen LogP contribution in [-0.2, 0) is 11.8 Å². The molecule has 5 heteroatoms. The van der Waals surface area contributed by atoms with Gasteiger partial charge in [0.25, 0.3) is 0 Å². The number of hydrogen-bond donors (Lipinski definition) is 0. The van der Waals surface area contributed by atoms with Gasteiger partial charge in [0.05, 0.1) is 0 Å². The second kappa shape index (κ2) is 8.35. The van der Waals surface area contributed by atoms with Crippen molar-refractivity contribution in [2.24, 2.45) is 0 Å². The molecule has 0 aliphatic carbocycles. The number of benzene rings is 2. The fourth-order valence-electron chi connectivity index (χ4n) is 1.44. The maximum absolute atomic E-state index is 5.98. The van der Waals surface area contributed by atoms with E-state index in [0.717, 1.165) is 5.75 Å². The largest absolute Gasteiger partial charge is 0.118 e. The molecule has 0 atom stereocenters. The molecule has 0 aromatic heterocycles. The van der Waals surface area contributed by atoms with E-state index in [1.165, 1.54) is 9.79 Å². The van der Waals surface area contributed by atoms with Crippen LogP contribution in [0.1, 0.15) is 0 Å². The minimum absolute atomic E-state index is 0.900. The Kier molecular flexibility index (Phi) is 6.79. The molecule has 0 fully saturated rings. The van der Waals surface area contributed by atoms with Gasteiger partial charge in [0.2, 0.25) is 0 Å². The molecule has 104 valence electrons. The zero-order chi connectivity index (χ0) is 14.3. The van der Waals surface area contributed by atoms with Gasteiger partial charge in [-0.1, -0.05) is 88.4 Å². The fourth-order valence-corrected chi connectivity index (χ4v) is 14.1. The topological polar surface area (TPSA) is 0 Å². The van der Waals surface area contributed by atoms with Crippen LogP contribution >= 0.6 is 37.8 Å². The Hall–Kier alpha value is -0.120. The summed E-state index contributed by atoms with van der Waals surface area (Å²) in [6.07, 6.45) is 1.93. The molecule has 2 aromatic rings. The first-order valence-corrected chi connectivity index (χ1v) is 13.3. The van der Waals surface area contributed by atoms with Crippen LogP contribution in [0.25, 0.3) is 0 Å². The zero-order valence-electron chi connectivity index (χ0n) is 10.8. The highest BCUT2D eigenvalue weighted by molar-refractivity contribution is 9.23. The van der Waals surface area contributed by atoms with Gasteiger partial charge in [-0.25, -0.2) is 0 Å². The van der Waals surface area contributed by atoms with Crippen LogP contribution in [0.3, 0.4) is 0 Å². The highest BCUT2D eigenvalue weighted by atomic mass is 33.5. The molecule has 0 saturated carbocycles. The van der Waals surface area contributed by atoms with Crippen LogP contribution in [0.15, 0.2) is 83.1 Å². The van der Waals surface area contributed by atoms with Crippen molar-refractivity contribution in [3.8, 4) is 0 Å². The van der Waals surface area contributed by atoms with E-state index >= 15 is 0 Å². The quantitative estimate of drug-likeness (QED) is 0.400. The van der Waals surface area contributed by atoms with Crippen molar-refractivity contribution in [2.45, 2.75) is 9.79 Å². The molecule has 0 nitrogen and oxygen atoms in total. The Morgan fingerprint density at radius 1 is 0.900 bits per heavy atom. The molecule has 2 aromatic carbocycles. The highest BCUT2D eigenvalue weighted by Crippen LogP contribution is 2.81. The van der Waals surface area contributed by atoms with Gasteiger partial charge in [-0.15, -0.1) is 6.58 Å². The van der Waals surface area contributed by atoms with E-state index in [9.17, 15) is 0 Å². The summed E-state index contributed by atoms with van der Waals surface area (Å²) in [7, 11) is 0. The van der Waals surface area contributed by atoms with Crippen molar-refractivity contribution in [2.75, 3.05) is 5.75 Å². The number of rotatable bonds is 7. The summed E-state index contributed by atoms with van der Waals surface area (Å²) >= 11 is 11.5.